The summed E-state index contributed by atoms with van der Waals surface area (Å²) in [6, 6.07) is 19.1. The third kappa shape index (κ3) is 4.27. The fourth-order valence-corrected chi connectivity index (χ4v) is 4.01. The monoisotopic (exact) mass is 432 g/mol. The maximum atomic E-state index is 13.4. The van der Waals surface area contributed by atoms with Crippen LogP contribution in [0.3, 0.4) is 0 Å². The predicted molar refractivity (Wildman–Crippen MR) is 120 cm³/mol. The van der Waals surface area contributed by atoms with E-state index in [0.717, 1.165) is 4.88 Å². The molecule has 2 aromatic carbocycles. The van der Waals surface area contributed by atoms with Crippen LogP contribution < -0.4 is 10.1 Å². The van der Waals surface area contributed by atoms with E-state index in [1.165, 1.54) is 18.4 Å². The van der Waals surface area contributed by atoms with Gasteiger partial charge in [-0.05, 0) is 35.2 Å². The fourth-order valence-electron chi connectivity index (χ4n) is 3.32. The standard InChI is InChI=1S/C24H20N2O4S/c1-29-16-10-11-17-18(14-20(25-19(17)13-16)21-9-6-12-31-21)23(27)26-22(24(28)30-2)15-7-4-3-5-8-15/h3-14,22H,1-2H3,(H,26,27). The second kappa shape index (κ2) is 8.97. The summed E-state index contributed by atoms with van der Waals surface area (Å²) in [4.78, 5) is 31.4. The lowest BCUT2D eigenvalue weighted by Gasteiger charge is -2.18. The Balaban J connectivity index is 1.79. The number of esters is 1. The third-order valence-corrected chi connectivity index (χ3v) is 5.77. The highest BCUT2D eigenvalue weighted by Crippen LogP contribution is 2.30. The van der Waals surface area contributed by atoms with Crippen molar-refractivity contribution in [3.05, 3.63) is 83.2 Å². The Morgan fingerprint density at radius 1 is 1.00 bits per heavy atom. The minimum Gasteiger partial charge on any atom is -0.497 e. The van der Waals surface area contributed by atoms with Gasteiger partial charge in [0.05, 0.1) is 35.9 Å². The molecule has 6 nitrogen and oxygen atoms in total. The molecule has 2 heterocycles. The van der Waals surface area contributed by atoms with Crippen LogP contribution in [0.4, 0.5) is 0 Å². The minimum absolute atomic E-state index is 0.394. The molecule has 4 aromatic rings. The Labute approximate surface area is 183 Å². The third-order valence-electron chi connectivity index (χ3n) is 4.88. The molecule has 0 aliphatic heterocycles. The van der Waals surface area contributed by atoms with Crippen molar-refractivity contribution in [2.45, 2.75) is 6.04 Å². The average molecular weight is 433 g/mol. The van der Waals surface area contributed by atoms with Crippen LogP contribution >= 0.6 is 11.3 Å². The van der Waals surface area contributed by atoms with Gasteiger partial charge in [0.25, 0.3) is 5.91 Å². The smallest absolute Gasteiger partial charge is 0.333 e. The number of thiophene rings is 1. The molecule has 2 aromatic heterocycles. The van der Waals surface area contributed by atoms with Gasteiger partial charge < -0.3 is 14.8 Å². The first-order valence-electron chi connectivity index (χ1n) is 9.57. The number of aromatic nitrogens is 1. The van der Waals surface area contributed by atoms with Crippen molar-refractivity contribution in [1.82, 2.24) is 10.3 Å². The average Bonchev–Trinajstić information content (AvgIpc) is 3.36. The fraction of sp³-hybridized carbons (Fsp3) is 0.125. The van der Waals surface area contributed by atoms with Crippen molar-refractivity contribution < 1.29 is 19.1 Å². The molecule has 1 unspecified atom stereocenters. The predicted octanol–water partition coefficient (Wildman–Crippen LogP) is 4.62. The van der Waals surface area contributed by atoms with E-state index in [1.54, 1.807) is 55.6 Å². The van der Waals surface area contributed by atoms with E-state index in [0.29, 0.717) is 33.5 Å². The zero-order valence-electron chi connectivity index (χ0n) is 17.0. The lowest BCUT2D eigenvalue weighted by atomic mass is 10.0. The molecule has 156 valence electrons. The number of carbonyl (C=O) groups is 2. The maximum Gasteiger partial charge on any atom is 0.333 e. The number of carbonyl (C=O) groups excluding carboxylic acids is 2. The molecule has 1 amide bonds. The van der Waals surface area contributed by atoms with Crippen LogP contribution in [0.15, 0.2) is 72.1 Å². The number of nitrogens with one attached hydrogen (secondary N) is 1. The van der Waals surface area contributed by atoms with Crippen molar-refractivity contribution in [2.75, 3.05) is 14.2 Å². The van der Waals surface area contributed by atoms with Crippen LogP contribution in [0.5, 0.6) is 5.75 Å². The van der Waals surface area contributed by atoms with Crippen LogP contribution in [-0.4, -0.2) is 31.1 Å². The topological polar surface area (TPSA) is 77.5 Å². The number of amides is 1. The molecule has 0 spiro atoms. The Morgan fingerprint density at radius 2 is 1.81 bits per heavy atom. The van der Waals surface area contributed by atoms with Gasteiger partial charge in [-0.25, -0.2) is 9.78 Å². The van der Waals surface area contributed by atoms with Crippen molar-refractivity contribution in [2.24, 2.45) is 0 Å². The SMILES string of the molecule is COC(=O)C(NC(=O)c1cc(-c2cccs2)nc2cc(OC)ccc12)c1ccccc1. The Bertz CT molecular complexity index is 1220. The number of pyridine rings is 1. The van der Waals surface area contributed by atoms with Gasteiger partial charge in [0.2, 0.25) is 0 Å². The first-order chi connectivity index (χ1) is 15.1. The largest absolute Gasteiger partial charge is 0.497 e. The number of ether oxygens (including phenoxy) is 2. The van der Waals surface area contributed by atoms with Gasteiger partial charge in [0.1, 0.15) is 5.75 Å². The lowest BCUT2D eigenvalue weighted by molar-refractivity contribution is -0.143. The van der Waals surface area contributed by atoms with Gasteiger partial charge in [-0.3, -0.25) is 4.79 Å². The number of fused-ring (bicyclic) bond motifs is 1. The Kier molecular flexibility index (Phi) is 5.95. The summed E-state index contributed by atoms with van der Waals surface area (Å²) in [6.45, 7) is 0. The van der Waals surface area contributed by atoms with Gasteiger partial charge in [-0.15, -0.1) is 11.3 Å². The van der Waals surface area contributed by atoms with Crippen molar-refractivity contribution in [3.8, 4) is 16.3 Å². The summed E-state index contributed by atoms with van der Waals surface area (Å²) >= 11 is 1.53. The summed E-state index contributed by atoms with van der Waals surface area (Å²) in [5.41, 5.74) is 2.36. The Hall–Kier alpha value is -3.71. The molecular weight excluding hydrogens is 412 g/mol. The van der Waals surface area contributed by atoms with E-state index in [9.17, 15) is 9.59 Å². The van der Waals surface area contributed by atoms with Crippen molar-refractivity contribution in [1.29, 1.82) is 0 Å². The molecule has 0 saturated carbocycles. The van der Waals surface area contributed by atoms with Crippen LogP contribution in [0, 0.1) is 0 Å². The first-order valence-corrected chi connectivity index (χ1v) is 10.4. The summed E-state index contributed by atoms with van der Waals surface area (Å²) < 4.78 is 10.2. The number of benzene rings is 2. The highest BCUT2D eigenvalue weighted by Gasteiger charge is 2.25. The number of hydrogen-bond acceptors (Lipinski definition) is 6. The number of methoxy groups -OCH3 is 2. The van der Waals surface area contributed by atoms with Gasteiger partial charge in [-0.1, -0.05) is 36.4 Å². The second-order valence-electron chi connectivity index (χ2n) is 6.76. The van der Waals surface area contributed by atoms with Gasteiger partial charge >= 0.3 is 5.97 Å². The lowest BCUT2D eigenvalue weighted by Crippen LogP contribution is -2.34. The van der Waals surface area contributed by atoms with Crippen molar-refractivity contribution in [3.63, 3.8) is 0 Å². The van der Waals surface area contributed by atoms with E-state index < -0.39 is 17.9 Å². The van der Waals surface area contributed by atoms with Crippen LogP contribution in [0.1, 0.15) is 22.0 Å². The summed E-state index contributed by atoms with van der Waals surface area (Å²) in [5.74, 6) is -0.293. The quantitative estimate of drug-likeness (QED) is 0.450. The molecule has 0 saturated heterocycles. The zero-order chi connectivity index (χ0) is 21.8. The van der Waals surface area contributed by atoms with E-state index in [2.05, 4.69) is 5.32 Å². The molecule has 1 N–H and O–H groups in total. The molecule has 4 rings (SSSR count). The molecule has 0 aliphatic rings. The molecule has 0 fully saturated rings. The van der Waals surface area contributed by atoms with E-state index in [1.807, 2.05) is 23.6 Å². The van der Waals surface area contributed by atoms with Crippen molar-refractivity contribution >= 4 is 34.1 Å². The normalized spacial score (nSPS) is 11.7. The summed E-state index contributed by atoms with van der Waals surface area (Å²) in [5, 5.41) is 5.44. The highest BCUT2D eigenvalue weighted by molar-refractivity contribution is 7.13. The number of nitrogens with zero attached hydrogens (tertiary/aromatic N) is 1. The zero-order valence-corrected chi connectivity index (χ0v) is 17.8. The maximum absolute atomic E-state index is 13.4. The van der Waals surface area contributed by atoms with E-state index >= 15 is 0 Å². The Morgan fingerprint density at radius 3 is 2.48 bits per heavy atom. The molecule has 7 heteroatoms. The molecule has 0 radical (unpaired) electrons. The highest BCUT2D eigenvalue weighted by atomic mass is 32.1. The van der Waals surface area contributed by atoms with Crippen LogP contribution in [0.25, 0.3) is 21.5 Å². The molecule has 1 atom stereocenters. The van der Waals surface area contributed by atoms with Gasteiger partial charge in [0, 0.05) is 11.5 Å². The number of hydrogen-bond donors (Lipinski definition) is 1. The molecular formula is C24H20N2O4S. The molecule has 0 aliphatic carbocycles. The minimum atomic E-state index is -0.926. The van der Waals surface area contributed by atoms with Gasteiger partial charge in [-0.2, -0.15) is 0 Å². The van der Waals surface area contributed by atoms with Gasteiger partial charge in [0.15, 0.2) is 6.04 Å². The van der Waals surface area contributed by atoms with Crippen LogP contribution in [-0.2, 0) is 9.53 Å². The summed E-state index contributed by atoms with van der Waals surface area (Å²) in [7, 11) is 2.88. The van der Waals surface area contributed by atoms with E-state index in [-0.39, 0.29) is 0 Å². The number of rotatable bonds is 6. The first kappa shape index (κ1) is 20.6. The second-order valence-corrected chi connectivity index (χ2v) is 7.70. The van der Waals surface area contributed by atoms with E-state index in [4.69, 9.17) is 14.5 Å². The summed E-state index contributed by atoms with van der Waals surface area (Å²) in [6.07, 6.45) is 0. The van der Waals surface area contributed by atoms with Crippen LogP contribution in [0.2, 0.25) is 0 Å². The molecule has 0 bridgehead atoms. The molecule has 31 heavy (non-hydrogen) atoms.